The molecule has 0 aliphatic carbocycles. The fraction of sp³-hybridized carbons (Fsp3) is 0.0870. The van der Waals surface area contributed by atoms with E-state index in [2.05, 4.69) is 20.0 Å². The van der Waals surface area contributed by atoms with Crippen LogP contribution in [0.2, 0.25) is 5.02 Å². The van der Waals surface area contributed by atoms with Crippen LogP contribution in [0.5, 0.6) is 5.75 Å². The summed E-state index contributed by atoms with van der Waals surface area (Å²) in [5.74, 6) is 0.704. The van der Waals surface area contributed by atoms with Gasteiger partial charge in [-0.05, 0) is 42.5 Å². The Bertz CT molecular complexity index is 1360. The number of hydrogen-bond donors (Lipinski definition) is 2. The first kappa shape index (κ1) is 23.4. The van der Waals surface area contributed by atoms with Crippen LogP contribution in [0.4, 0.5) is 5.69 Å². The molecule has 2 aromatic heterocycles. The first-order chi connectivity index (χ1) is 16.4. The minimum atomic E-state index is -3.88. The SMILES string of the molecule is O=C(Nc1ccc(-n2ccnc2)nc1)c1cc(S(=O)(=O)NCCOc2ccccc2)ccc1Cl. The Hall–Kier alpha value is -3.73. The number of imidazole rings is 1. The van der Waals surface area contributed by atoms with Gasteiger partial charge in [0.25, 0.3) is 5.91 Å². The number of amides is 1. The molecule has 0 saturated carbocycles. The van der Waals surface area contributed by atoms with Crippen LogP contribution in [0.15, 0.2) is 90.5 Å². The number of benzene rings is 2. The van der Waals surface area contributed by atoms with Crippen molar-refractivity contribution in [3.05, 3.63) is 96.2 Å². The number of carbonyl (C=O) groups is 1. The average Bonchev–Trinajstić information content (AvgIpc) is 3.38. The molecule has 0 radical (unpaired) electrons. The Morgan fingerprint density at radius 1 is 1.09 bits per heavy atom. The number of hydrogen-bond acceptors (Lipinski definition) is 6. The number of sulfonamides is 1. The molecule has 2 heterocycles. The largest absolute Gasteiger partial charge is 0.492 e. The van der Waals surface area contributed by atoms with E-state index in [1.165, 1.54) is 24.4 Å². The van der Waals surface area contributed by atoms with E-state index in [1.807, 2.05) is 18.2 Å². The Labute approximate surface area is 201 Å². The lowest BCUT2D eigenvalue weighted by molar-refractivity contribution is 0.102. The first-order valence-electron chi connectivity index (χ1n) is 10.2. The fourth-order valence-corrected chi connectivity index (χ4v) is 4.24. The molecule has 9 nitrogen and oxygen atoms in total. The Morgan fingerprint density at radius 3 is 2.62 bits per heavy atom. The normalized spacial score (nSPS) is 11.2. The zero-order valence-corrected chi connectivity index (χ0v) is 19.3. The van der Waals surface area contributed by atoms with Gasteiger partial charge in [-0.3, -0.25) is 9.36 Å². The molecule has 0 bridgehead atoms. The average molecular weight is 498 g/mol. The summed E-state index contributed by atoms with van der Waals surface area (Å²) in [6.45, 7) is 0.197. The van der Waals surface area contributed by atoms with Gasteiger partial charge in [-0.1, -0.05) is 29.8 Å². The van der Waals surface area contributed by atoms with E-state index in [1.54, 1.807) is 47.6 Å². The highest BCUT2D eigenvalue weighted by molar-refractivity contribution is 7.89. The summed E-state index contributed by atoms with van der Waals surface area (Å²) >= 11 is 6.17. The maximum Gasteiger partial charge on any atom is 0.257 e. The lowest BCUT2D eigenvalue weighted by Gasteiger charge is -2.11. The van der Waals surface area contributed by atoms with E-state index in [0.29, 0.717) is 17.3 Å². The Balaban J connectivity index is 1.40. The highest BCUT2D eigenvalue weighted by Crippen LogP contribution is 2.22. The van der Waals surface area contributed by atoms with E-state index >= 15 is 0 Å². The van der Waals surface area contributed by atoms with Gasteiger partial charge in [0, 0.05) is 18.9 Å². The number of anilines is 1. The van der Waals surface area contributed by atoms with Crippen molar-refractivity contribution in [2.45, 2.75) is 4.90 Å². The van der Waals surface area contributed by atoms with Crippen molar-refractivity contribution in [3.8, 4) is 11.6 Å². The number of halogens is 1. The van der Waals surface area contributed by atoms with Crippen LogP contribution in [0.25, 0.3) is 5.82 Å². The topological polar surface area (TPSA) is 115 Å². The fourth-order valence-electron chi connectivity index (χ4n) is 3.00. The molecule has 0 fully saturated rings. The second-order valence-corrected chi connectivity index (χ2v) is 9.20. The van der Waals surface area contributed by atoms with Crippen LogP contribution in [-0.2, 0) is 10.0 Å². The predicted molar refractivity (Wildman–Crippen MR) is 128 cm³/mol. The van der Waals surface area contributed by atoms with Crippen molar-refractivity contribution in [1.82, 2.24) is 19.3 Å². The number of pyridine rings is 1. The van der Waals surface area contributed by atoms with Crippen molar-refractivity contribution in [3.63, 3.8) is 0 Å². The number of carbonyl (C=O) groups excluding carboxylic acids is 1. The Kier molecular flexibility index (Phi) is 7.21. The number of aromatic nitrogens is 3. The van der Waals surface area contributed by atoms with Crippen LogP contribution in [0.3, 0.4) is 0 Å². The van der Waals surface area contributed by atoms with Crippen LogP contribution in [0.1, 0.15) is 10.4 Å². The van der Waals surface area contributed by atoms with Gasteiger partial charge in [0.05, 0.1) is 27.4 Å². The van der Waals surface area contributed by atoms with Gasteiger partial charge in [-0.25, -0.2) is 23.1 Å². The van der Waals surface area contributed by atoms with Gasteiger partial charge < -0.3 is 10.1 Å². The molecule has 2 aromatic carbocycles. The van der Waals surface area contributed by atoms with Gasteiger partial charge in [-0.2, -0.15) is 0 Å². The molecular formula is C23H20ClN5O4S. The molecule has 0 spiro atoms. The van der Waals surface area contributed by atoms with Gasteiger partial charge in [0.15, 0.2) is 0 Å². The summed E-state index contributed by atoms with van der Waals surface area (Å²) in [6, 6.07) is 16.4. The van der Waals surface area contributed by atoms with E-state index in [-0.39, 0.29) is 28.6 Å². The standard InChI is InChI=1S/C23H20ClN5O4S/c24-21-8-7-19(34(31,32)27-11-13-33-18-4-2-1-3-5-18)14-20(21)23(30)28-17-6-9-22(26-15-17)29-12-10-25-16-29/h1-10,12,14-16,27H,11,13H2,(H,28,30). The quantitative estimate of drug-likeness (QED) is 0.342. The summed E-state index contributed by atoms with van der Waals surface area (Å²) in [5.41, 5.74) is 0.443. The molecule has 11 heteroatoms. The summed E-state index contributed by atoms with van der Waals surface area (Å²) in [7, 11) is -3.88. The summed E-state index contributed by atoms with van der Waals surface area (Å²) in [5, 5.41) is 2.79. The molecule has 0 aliphatic rings. The molecule has 4 rings (SSSR count). The molecule has 0 saturated heterocycles. The zero-order valence-electron chi connectivity index (χ0n) is 17.8. The van der Waals surface area contributed by atoms with Crippen molar-refractivity contribution >= 4 is 33.2 Å². The highest BCUT2D eigenvalue weighted by atomic mass is 35.5. The van der Waals surface area contributed by atoms with Crippen molar-refractivity contribution in [2.24, 2.45) is 0 Å². The molecule has 34 heavy (non-hydrogen) atoms. The highest BCUT2D eigenvalue weighted by Gasteiger charge is 2.19. The van der Waals surface area contributed by atoms with Gasteiger partial charge in [0.1, 0.15) is 24.5 Å². The minimum absolute atomic E-state index is 0.0174. The molecule has 2 N–H and O–H groups in total. The molecular weight excluding hydrogens is 478 g/mol. The van der Waals surface area contributed by atoms with E-state index in [4.69, 9.17) is 16.3 Å². The summed E-state index contributed by atoms with van der Waals surface area (Å²) < 4.78 is 35.0. The van der Waals surface area contributed by atoms with Crippen LogP contribution in [0, 0.1) is 0 Å². The monoisotopic (exact) mass is 497 g/mol. The third-order valence-electron chi connectivity index (χ3n) is 4.67. The van der Waals surface area contributed by atoms with Gasteiger partial charge in [-0.15, -0.1) is 0 Å². The summed E-state index contributed by atoms with van der Waals surface area (Å²) in [6.07, 6.45) is 6.46. The zero-order chi connectivity index (χ0) is 24.0. The number of nitrogens with one attached hydrogen (secondary N) is 2. The number of rotatable bonds is 9. The predicted octanol–water partition coefficient (Wildman–Crippen LogP) is 3.53. The van der Waals surface area contributed by atoms with Crippen LogP contribution >= 0.6 is 11.6 Å². The molecule has 0 aliphatic heterocycles. The van der Waals surface area contributed by atoms with E-state index < -0.39 is 15.9 Å². The van der Waals surface area contributed by atoms with E-state index in [9.17, 15) is 13.2 Å². The van der Waals surface area contributed by atoms with Crippen molar-refractivity contribution in [2.75, 3.05) is 18.5 Å². The van der Waals surface area contributed by atoms with Crippen molar-refractivity contribution in [1.29, 1.82) is 0 Å². The summed E-state index contributed by atoms with van der Waals surface area (Å²) in [4.78, 5) is 20.9. The lowest BCUT2D eigenvalue weighted by Crippen LogP contribution is -2.28. The molecule has 1 amide bonds. The minimum Gasteiger partial charge on any atom is -0.492 e. The van der Waals surface area contributed by atoms with Crippen LogP contribution in [-0.4, -0.2) is 42.0 Å². The third-order valence-corrected chi connectivity index (χ3v) is 6.46. The Morgan fingerprint density at radius 2 is 1.91 bits per heavy atom. The maximum atomic E-state index is 12.8. The number of para-hydroxylation sites is 1. The van der Waals surface area contributed by atoms with Crippen molar-refractivity contribution < 1.29 is 17.9 Å². The lowest BCUT2D eigenvalue weighted by atomic mass is 10.2. The number of ether oxygens (including phenoxy) is 1. The smallest absolute Gasteiger partial charge is 0.257 e. The third kappa shape index (κ3) is 5.79. The maximum absolute atomic E-state index is 12.8. The molecule has 174 valence electrons. The molecule has 0 atom stereocenters. The molecule has 4 aromatic rings. The second-order valence-electron chi connectivity index (χ2n) is 7.03. The van der Waals surface area contributed by atoms with E-state index in [0.717, 1.165) is 0 Å². The van der Waals surface area contributed by atoms with Crippen LogP contribution < -0.4 is 14.8 Å². The number of nitrogens with zero attached hydrogens (tertiary/aromatic N) is 3. The second kappa shape index (κ2) is 10.5. The van der Waals surface area contributed by atoms with Gasteiger partial charge in [0.2, 0.25) is 10.0 Å². The van der Waals surface area contributed by atoms with Gasteiger partial charge >= 0.3 is 0 Å². The first-order valence-corrected chi connectivity index (χ1v) is 12.0. The molecule has 0 unspecified atom stereocenters.